The van der Waals surface area contributed by atoms with Crippen molar-refractivity contribution in [1.29, 1.82) is 0 Å². The van der Waals surface area contributed by atoms with Gasteiger partial charge in [-0.3, -0.25) is 0 Å². The molecule has 1 N–H and O–H groups in total. The van der Waals surface area contributed by atoms with Crippen molar-refractivity contribution < 1.29 is 4.39 Å². The highest BCUT2D eigenvalue weighted by atomic mass is 19.1. The molecule has 0 aliphatic carbocycles. The summed E-state index contributed by atoms with van der Waals surface area (Å²) in [6, 6.07) is 19.5. The summed E-state index contributed by atoms with van der Waals surface area (Å²) in [5.74, 6) is 0.315. The Hall–Kier alpha value is -3.41. The highest BCUT2D eigenvalue weighted by Crippen LogP contribution is 2.23. The lowest BCUT2D eigenvalue weighted by Crippen LogP contribution is -2.06. The third-order valence-electron chi connectivity index (χ3n) is 3.71. The fraction of sp³-hybridized carbons (Fsp3) is 0.0526. The van der Waals surface area contributed by atoms with E-state index < -0.39 is 5.95 Å². The van der Waals surface area contributed by atoms with Crippen LogP contribution >= 0.6 is 0 Å². The van der Waals surface area contributed by atoms with Gasteiger partial charge >= 0.3 is 0 Å². The standard InChI is InChI=1S/C19H14FN5/c20-15-12-22-19-16(23-15)18(21-11-13-7-3-1-4-8-13)24-17(25-19)14-9-5-2-6-10-14/h1-10,12H,11H2,(H,21,22,24,25). The zero-order chi connectivity index (χ0) is 17.1. The first kappa shape index (κ1) is 15.1. The number of fused-ring (bicyclic) bond motifs is 1. The molecule has 122 valence electrons. The maximum atomic E-state index is 13.5. The maximum absolute atomic E-state index is 13.5. The highest BCUT2D eigenvalue weighted by Gasteiger charge is 2.12. The van der Waals surface area contributed by atoms with E-state index in [0.717, 1.165) is 17.3 Å². The second kappa shape index (κ2) is 6.60. The molecule has 0 atom stereocenters. The summed E-state index contributed by atoms with van der Waals surface area (Å²) in [6.07, 6.45) is 1.06. The molecule has 0 unspecified atom stereocenters. The van der Waals surface area contributed by atoms with E-state index in [4.69, 9.17) is 0 Å². The summed E-state index contributed by atoms with van der Waals surface area (Å²) < 4.78 is 13.5. The summed E-state index contributed by atoms with van der Waals surface area (Å²) in [6.45, 7) is 0.541. The van der Waals surface area contributed by atoms with Crippen LogP contribution in [0.1, 0.15) is 5.56 Å². The number of nitrogens with one attached hydrogen (secondary N) is 1. The first-order valence-electron chi connectivity index (χ1n) is 7.83. The van der Waals surface area contributed by atoms with Crippen LogP contribution in [0.5, 0.6) is 0 Å². The average Bonchev–Trinajstić information content (AvgIpc) is 2.67. The third kappa shape index (κ3) is 3.28. The first-order valence-corrected chi connectivity index (χ1v) is 7.83. The van der Waals surface area contributed by atoms with Crippen LogP contribution < -0.4 is 5.32 Å². The van der Waals surface area contributed by atoms with Gasteiger partial charge in [-0.05, 0) is 5.56 Å². The van der Waals surface area contributed by atoms with E-state index >= 15 is 0 Å². The quantitative estimate of drug-likeness (QED) is 0.615. The Morgan fingerprint density at radius 3 is 2.32 bits per heavy atom. The van der Waals surface area contributed by atoms with Crippen LogP contribution in [0.3, 0.4) is 0 Å². The van der Waals surface area contributed by atoms with Gasteiger partial charge in [0.25, 0.3) is 0 Å². The Kier molecular flexibility index (Phi) is 4.00. The van der Waals surface area contributed by atoms with Gasteiger partial charge in [0.15, 0.2) is 22.8 Å². The Morgan fingerprint density at radius 2 is 1.56 bits per heavy atom. The minimum atomic E-state index is -0.661. The molecule has 0 saturated carbocycles. The van der Waals surface area contributed by atoms with Gasteiger partial charge in [-0.15, -0.1) is 0 Å². The van der Waals surface area contributed by atoms with E-state index in [1.165, 1.54) is 0 Å². The maximum Gasteiger partial charge on any atom is 0.232 e. The highest BCUT2D eigenvalue weighted by molar-refractivity contribution is 5.84. The number of aromatic nitrogens is 4. The largest absolute Gasteiger partial charge is 0.364 e. The minimum absolute atomic E-state index is 0.315. The molecular weight excluding hydrogens is 317 g/mol. The molecule has 0 saturated heterocycles. The Labute approximate surface area is 143 Å². The van der Waals surface area contributed by atoms with Gasteiger partial charge in [-0.1, -0.05) is 60.7 Å². The van der Waals surface area contributed by atoms with E-state index in [1.807, 2.05) is 60.7 Å². The Balaban J connectivity index is 1.78. The Morgan fingerprint density at radius 1 is 0.840 bits per heavy atom. The van der Waals surface area contributed by atoms with Gasteiger partial charge in [-0.25, -0.2) is 19.9 Å². The average molecular weight is 331 g/mol. The molecule has 0 aliphatic rings. The zero-order valence-corrected chi connectivity index (χ0v) is 13.2. The topological polar surface area (TPSA) is 63.6 Å². The number of rotatable bonds is 4. The molecular formula is C19H14FN5. The number of nitrogens with zero attached hydrogens (tertiary/aromatic N) is 4. The smallest absolute Gasteiger partial charge is 0.232 e. The lowest BCUT2D eigenvalue weighted by Gasteiger charge is -2.10. The van der Waals surface area contributed by atoms with Gasteiger partial charge < -0.3 is 5.32 Å². The lowest BCUT2D eigenvalue weighted by atomic mass is 10.2. The SMILES string of the molecule is Fc1cnc2nc(-c3ccccc3)nc(NCc3ccccc3)c2n1. The number of anilines is 1. The predicted octanol–water partition coefficient (Wildman–Crippen LogP) is 3.84. The monoisotopic (exact) mass is 331 g/mol. The van der Waals surface area contributed by atoms with Crippen molar-refractivity contribution in [2.75, 3.05) is 5.32 Å². The van der Waals surface area contributed by atoms with Crippen LogP contribution in [0.2, 0.25) is 0 Å². The summed E-state index contributed by atoms with van der Waals surface area (Å²) in [4.78, 5) is 16.9. The van der Waals surface area contributed by atoms with Crippen molar-refractivity contribution in [3.05, 3.63) is 78.4 Å². The van der Waals surface area contributed by atoms with Crippen molar-refractivity contribution in [1.82, 2.24) is 19.9 Å². The lowest BCUT2D eigenvalue weighted by molar-refractivity contribution is 0.582. The number of benzene rings is 2. The van der Waals surface area contributed by atoms with E-state index in [2.05, 4.69) is 25.3 Å². The van der Waals surface area contributed by atoms with Gasteiger partial charge in [0, 0.05) is 12.1 Å². The molecule has 2 heterocycles. The molecule has 0 aliphatic heterocycles. The van der Waals surface area contributed by atoms with E-state index in [0.29, 0.717) is 29.4 Å². The second-order valence-corrected chi connectivity index (χ2v) is 5.47. The van der Waals surface area contributed by atoms with Gasteiger partial charge in [0.2, 0.25) is 5.95 Å². The Bertz CT molecular complexity index is 1010. The van der Waals surface area contributed by atoms with E-state index in [1.54, 1.807) is 0 Å². The molecule has 0 spiro atoms. The number of halogens is 1. The molecule has 25 heavy (non-hydrogen) atoms. The van der Waals surface area contributed by atoms with E-state index in [-0.39, 0.29) is 0 Å². The van der Waals surface area contributed by atoms with E-state index in [9.17, 15) is 4.39 Å². The third-order valence-corrected chi connectivity index (χ3v) is 3.71. The van der Waals surface area contributed by atoms with Gasteiger partial charge in [-0.2, -0.15) is 4.39 Å². The molecule has 2 aromatic carbocycles. The van der Waals surface area contributed by atoms with Crippen LogP contribution in [0.4, 0.5) is 10.2 Å². The number of hydrogen-bond donors (Lipinski definition) is 1. The first-order chi connectivity index (χ1) is 12.3. The molecule has 0 amide bonds. The minimum Gasteiger partial charge on any atom is -0.364 e. The van der Waals surface area contributed by atoms with Crippen LogP contribution in [-0.2, 0) is 6.54 Å². The summed E-state index contributed by atoms with van der Waals surface area (Å²) in [7, 11) is 0. The molecule has 0 bridgehead atoms. The molecule has 2 aromatic heterocycles. The molecule has 4 aromatic rings. The molecule has 6 heteroatoms. The zero-order valence-electron chi connectivity index (χ0n) is 13.2. The van der Waals surface area contributed by atoms with Crippen molar-refractivity contribution in [3.63, 3.8) is 0 Å². The molecule has 5 nitrogen and oxygen atoms in total. The van der Waals surface area contributed by atoms with Crippen molar-refractivity contribution in [2.45, 2.75) is 6.54 Å². The van der Waals surface area contributed by atoms with Crippen LogP contribution in [0.15, 0.2) is 66.9 Å². The van der Waals surface area contributed by atoms with Crippen LogP contribution in [0, 0.1) is 5.95 Å². The second-order valence-electron chi connectivity index (χ2n) is 5.47. The normalized spacial score (nSPS) is 10.8. The fourth-order valence-corrected chi connectivity index (χ4v) is 2.51. The molecule has 4 rings (SSSR count). The van der Waals surface area contributed by atoms with Crippen LogP contribution in [-0.4, -0.2) is 19.9 Å². The fourth-order valence-electron chi connectivity index (χ4n) is 2.51. The molecule has 0 fully saturated rings. The summed E-state index contributed by atoms with van der Waals surface area (Å²) in [5.41, 5.74) is 2.61. The van der Waals surface area contributed by atoms with Gasteiger partial charge in [0.05, 0.1) is 6.20 Å². The predicted molar refractivity (Wildman–Crippen MR) is 94.3 cm³/mol. The van der Waals surface area contributed by atoms with Gasteiger partial charge in [0.1, 0.15) is 0 Å². The van der Waals surface area contributed by atoms with Crippen molar-refractivity contribution in [2.24, 2.45) is 0 Å². The van der Waals surface area contributed by atoms with Crippen LogP contribution in [0.25, 0.3) is 22.6 Å². The summed E-state index contributed by atoms with van der Waals surface area (Å²) >= 11 is 0. The number of hydrogen-bond acceptors (Lipinski definition) is 5. The molecule has 0 radical (unpaired) electrons. The van der Waals surface area contributed by atoms with Crippen molar-refractivity contribution >= 4 is 17.0 Å². The van der Waals surface area contributed by atoms with Crippen molar-refractivity contribution in [3.8, 4) is 11.4 Å². The summed E-state index contributed by atoms with van der Waals surface area (Å²) in [5, 5.41) is 3.22.